The third-order valence-corrected chi connectivity index (χ3v) is 2.92. The molecule has 0 aromatic heterocycles. The first-order chi connectivity index (χ1) is 6.86. The van der Waals surface area contributed by atoms with Crippen LogP contribution in [-0.4, -0.2) is 25.4 Å². The van der Waals surface area contributed by atoms with E-state index in [0.717, 1.165) is 38.2 Å². The predicted octanol–water partition coefficient (Wildman–Crippen LogP) is 1.58. The fourth-order valence-corrected chi connectivity index (χ4v) is 2.08. The molecule has 0 aromatic rings. The van der Waals surface area contributed by atoms with Gasteiger partial charge in [-0.1, -0.05) is 0 Å². The molecule has 0 aliphatic carbocycles. The molecule has 0 aromatic carbocycles. The predicted molar refractivity (Wildman–Crippen MR) is 54.8 cm³/mol. The van der Waals surface area contributed by atoms with Crippen molar-refractivity contribution in [2.24, 2.45) is 5.73 Å². The summed E-state index contributed by atoms with van der Waals surface area (Å²) in [5.74, 6) is 0.989. The second-order valence-electron chi connectivity index (χ2n) is 4.06. The van der Waals surface area contributed by atoms with Gasteiger partial charge >= 0.3 is 0 Å². The second kappa shape index (κ2) is 4.80. The Labute approximate surface area is 85.3 Å². The van der Waals surface area contributed by atoms with Gasteiger partial charge in [0.2, 0.25) is 0 Å². The first-order valence-electron chi connectivity index (χ1n) is 5.56. The molecule has 80 valence electrons. The third kappa shape index (κ3) is 2.49. The Bertz CT molecular complexity index is 209. The summed E-state index contributed by atoms with van der Waals surface area (Å²) in [4.78, 5) is 0. The van der Waals surface area contributed by atoms with Crippen molar-refractivity contribution in [3.63, 3.8) is 0 Å². The quantitative estimate of drug-likeness (QED) is 0.744. The summed E-state index contributed by atoms with van der Waals surface area (Å²) >= 11 is 0. The van der Waals surface area contributed by atoms with Crippen molar-refractivity contribution in [2.45, 2.75) is 44.2 Å². The minimum absolute atomic E-state index is 0.0849. The van der Waals surface area contributed by atoms with Crippen molar-refractivity contribution in [3.05, 3.63) is 11.8 Å². The Hall–Kier alpha value is -0.540. The van der Waals surface area contributed by atoms with Gasteiger partial charge in [-0.05, 0) is 31.8 Å². The summed E-state index contributed by atoms with van der Waals surface area (Å²) in [6.45, 7) is 1.74. The Morgan fingerprint density at radius 3 is 3.07 bits per heavy atom. The molecule has 3 nitrogen and oxygen atoms in total. The lowest BCUT2D eigenvalue weighted by molar-refractivity contribution is 0.0995. The second-order valence-corrected chi connectivity index (χ2v) is 4.06. The highest BCUT2D eigenvalue weighted by atomic mass is 16.5. The van der Waals surface area contributed by atoms with E-state index in [4.69, 9.17) is 15.2 Å². The molecule has 2 atom stereocenters. The van der Waals surface area contributed by atoms with Crippen LogP contribution in [0.5, 0.6) is 0 Å². The molecule has 0 spiro atoms. The molecule has 14 heavy (non-hydrogen) atoms. The van der Waals surface area contributed by atoms with Crippen LogP contribution >= 0.6 is 0 Å². The molecule has 1 saturated heterocycles. The van der Waals surface area contributed by atoms with Crippen molar-refractivity contribution >= 4 is 0 Å². The van der Waals surface area contributed by atoms with Crippen LogP contribution in [0.3, 0.4) is 0 Å². The molecule has 2 N–H and O–H groups in total. The van der Waals surface area contributed by atoms with Gasteiger partial charge in [0.05, 0.1) is 18.8 Å². The van der Waals surface area contributed by atoms with Crippen molar-refractivity contribution in [1.29, 1.82) is 0 Å². The number of rotatable bonds is 4. The van der Waals surface area contributed by atoms with Crippen LogP contribution < -0.4 is 5.73 Å². The van der Waals surface area contributed by atoms with E-state index in [9.17, 15) is 0 Å². The van der Waals surface area contributed by atoms with Gasteiger partial charge in [-0.2, -0.15) is 0 Å². The van der Waals surface area contributed by atoms with Crippen LogP contribution in [0.25, 0.3) is 0 Å². The lowest BCUT2D eigenvalue weighted by Gasteiger charge is -2.15. The average molecular weight is 197 g/mol. The van der Waals surface area contributed by atoms with Gasteiger partial charge in [-0.25, -0.2) is 0 Å². The molecule has 1 fully saturated rings. The maximum atomic E-state index is 6.01. The van der Waals surface area contributed by atoms with E-state index in [1.54, 1.807) is 0 Å². The summed E-state index contributed by atoms with van der Waals surface area (Å²) in [6.07, 6.45) is 8.04. The molecule has 3 heteroatoms. The molecular weight excluding hydrogens is 178 g/mol. The van der Waals surface area contributed by atoms with Crippen LogP contribution in [0.1, 0.15) is 32.1 Å². The molecule has 2 aliphatic rings. The SMILES string of the molecule is NC(CCC1CCCO1)C1=CCCO1. The summed E-state index contributed by atoms with van der Waals surface area (Å²) < 4.78 is 11.0. The largest absolute Gasteiger partial charge is 0.496 e. The lowest BCUT2D eigenvalue weighted by Crippen LogP contribution is -2.24. The molecule has 0 saturated carbocycles. The first kappa shape index (κ1) is 9.99. The monoisotopic (exact) mass is 197 g/mol. The zero-order chi connectivity index (χ0) is 9.80. The number of nitrogens with two attached hydrogens (primary N) is 1. The van der Waals surface area contributed by atoms with E-state index in [1.807, 2.05) is 0 Å². The van der Waals surface area contributed by atoms with E-state index < -0.39 is 0 Å². The topological polar surface area (TPSA) is 44.5 Å². The first-order valence-corrected chi connectivity index (χ1v) is 5.56. The normalized spacial score (nSPS) is 28.6. The van der Waals surface area contributed by atoms with Crippen LogP contribution in [0.15, 0.2) is 11.8 Å². The van der Waals surface area contributed by atoms with Crippen molar-refractivity contribution < 1.29 is 9.47 Å². The summed E-state index contributed by atoms with van der Waals surface area (Å²) in [7, 11) is 0. The molecule has 2 aliphatic heterocycles. The fourth-order valence-electron chi connectivity index (χ4n) is 2.08. The lowest BCUT2D eigenvalue weighted by atomic mass is 10.1. The van der Waals surface area contributed by atoms with E-state index in [2.05, 4.69) is 6.08 Å². The standard InChI is InChI=1S/C11H19NO2/c12-10(11-4-2-8-14-11)6-5-9-3-1-7-13-9/h4,9-10H,1-3,5-8,12H2. The molecular formula is C11H19NO2. The van der Waals surface area contributed by atoms with Gasteiger partial charge in [0.1, 0.15) is 5.76 Å². The van der Waals surface area contributed by atoms with Gasteiger partial charge in [0.15, 0.2) is 0 Å². The fraction of sp³-hybridized carbons (Fsp3) is 0.818. The maximum absolute atomic E-state index is 6.01. The van der Waals surface area contributed by atoms with Crippen LogP contribution in [0.4, 0.5) is 0 Å². The third-order valence-electron chi connectivity index (χ3n) is 2.92. The van der Waals surface area contributed by atoms with E-state index in [0.29, 0.717) is 6.10 Å². The van der Waals surface area contributed by atoms with Gasteiger partial charge in [-0.15, -0.1) is 0 Å². The average Bonchev–Trinajstić information content (AvgIpc) is 2.87. The van der Waals surface area contributed by atoms with Crippen LogP contribution in [-0.2, 0) is 9.47 Å². The molecule has 0 bridgehead atoms. The Balaban J connectivity index is 1.68. The molecule has 2 rings (SSSR count). The Morgan fingerprint density at radius 1 is 1.50 bits per heavy atom. The summed E-state index contributed by atoms with van der Waals surface area (Å²) in [5.41, 5.74) is 6.01. The number of hydrogen-bond acceptors (Lipinski definition) is 3. The van der Waals surface area contributed by atoms with E-state index in [1.165, 1.54) is 12.8 Å². The highest BCUT2D eigenvalue weighted by Gasteiger charge is 2.19. The van der Waals surface area contributed by atoms with Gasteiger partial charge in [0, 0.05) is 13.0 Å². The van der Waals surface area contributed by atoms with Crippen LogP contribution in [0, 0.1) is 0 Å². The van der Waals surface area contributed by atoms with Gasteiger partial charge in [0.25, 0.3) is 0 Å². The maximum Gasteiger partial charge on any atom is 0.109 e. The minimum Gasteiger partial charge on any atom is -0.496 e. The zero-order valence-electron chi connectivity index (χ0n) is 8.58. The van der Waals surface area contributed by atoms with Crippen molar-refractivity contribution in [3.8, 4) is 0 Å². The Morgan fingerprint density at radius 2 is 2.43 bits per heavy atom. The molecule has 2 unspecified atom stereocenters. The van der Waals surface area contributed by atoms with Crippen LogP contribution in [0.2, 0.25) is 0 Å². The summed E-state index contributed by atoms with van der Waals surface area (Å²) in [5, 5.41) is 0. The number of ether oxygens (including phenoxy) is 2. The molecule has 0 amide bonds. The highest BCUT2D eigenvalue weighted by molar-refractivity contribution is 5.05. The van der Waals surface area contributed by atoms with E-state index >= 15 is 0 Å². The summed E-state index contributed by atoms with van der Waals surface area (Å²) in [6, 6.07) is 0.0849. The minimum atomic E-state index is 0.0849. The van der Waals surface area contributed by atoms with Crippen molar-refractivity contribution in [1.82, 2.24) is 0 Å². The van der Waals surface area contributed by atoms with Gasteiger partial charge < -0.3 is 15.2 Å². The van der Waals surface area contributed by atoms with Gasteiger partial charge in [-0.3, -0.25) is 0 Å². The highest BCUT2D eigenvalue weighted by Crippen LogP contribution is 2.21. The number of hydrogen-bond donors (Lipinski definition) is 1. The van der Waals surface area contributed by atoms with E-state index in [-0.39, 0.29) is 6.04 Å². The van der Waals surface area contributed by atoms with Crippen molar-refractivity contribution in [2.75, 3.05) is 13.2 Å². The smallest absolute Gasteiger partial charge is 0.109 e. The molecule has 0 radical (unpaired) electrons. The Kier molecular flexibility index (Phi) is 3.43. The zero-order valence-corrected chi connectivity index (χ0v) is 8.58. The molecule has 2 heterocycles.